The Hall–Kier alpha value is -2.31. The molecule has 0 saturated carbocycles. The summed E-state index contributed by atoms with van der Waals surface area (Å²) >= 11 is 0. The Kier molecular flexibility index (Phi) is 8.74. The van der Waals surface area contributed by atoms with Gasteiger partial charge in [0.15, 0.2) is 5.78 Å². The van der Waals surface area contributed by atoms with Crippen LogP contribution in [0.2, 0.25) is 0 Å². The van der Waals surface area contributed by atoms with Gasteiger partial charge in [-0.15, -0.1) is 0 Å². The van der Waals surface area contributed by atoms with E-state index in [1.807, 2.05) is 60.7 Å². The number of carbonyl (C=O) groups is 1. The van der Waals surface area contributed by atoms with Crippen molar-refractivity contribution in [3.63, 3.8) is 0 Å². The molecule has 2 rings (SSSR count). The third-order valence-corrected chi connectivity index (χ3v) is 3.46. The Bertz CT molecular complexity index is 615. The summed E-state index contributed by atoms with van der Waals surface area (Å²) in [5.74, 6) is 0.0627. The number of aliphatic hydroxyl groups excluding tert-OH is 3. The van der Waals surface area contributed by atoms with Crippen LogP contribution >= 0.6 is 0 Å². The van der Waals surface area contributed by atoms with E-state index < -0.39 is 25.4 Å². The van der Waals surface area contributed by atoms with Crippen molar-refractivity contribution < 1.29 is 20.1 Å². The zero-order valence-corrected chi connectivity index (χ0v) is 14.3. The van der Waals surface area contributed by atoms with Crippen LogP contribution in [-0.4, -0.2) is 46.5 Å². The molecule has 0 aliphatic rings. The van der Waals surface area contributed by atoms with Crippen molar-refractivity contribution in [3.8, 4) is 0 Å². The molecule has 25 heavy (non-hydrogen) atoms. The second-order valence-corrected chi connectivity index (χ2v) is 5.74. The summed E-state index contributed by atoms with van der Waals surface area (Å²) in [6, 6.07) is 19.9. The zero-order chi connectivity index (χ0) is 18.7. The zero-order valence-electron chi connectivity index (χ0n) is 14.3. The van der Waals surface area contributed by atoms with E-state index in [4.69, 9.17) is 21.1 Å². The molecule has 0 unspecified atom stereocenters. The smallest absolute Gasteiger partial charge is 0.153 e. The fourth-order valence-electron chi connectivity index (χ4n) is 1.92. The summed E-state index contributed by atoms with van der Waals surface area (Å²) in [6.07, 6.45) is 1.69. The Morgan fingerprint density at radius 2 is 1.24 bits per heavy atom. The molecule has 0 saturated heterocycles. The van der Waals surface area contributed by atoms with Gasteiger partial charge in [0.1, 0.15) is 0 Å². The molecule has 0 amide bonds. The molecule has 2 aromatic carbocycles. The minimum absolute atomic E-state index is 0.0627. The van der Waals surface area contributed by atoms with Crippen molar-refractivity contribution in [2.45, 2.75) is 12.5 Å². The number of rotatable bonds is 6. The summed E-state index contributed by atoms with van der Waals surface area (Å²) in [6.45, 7) is 0.367. The van der Waals surface area contributed by atoms with Gasteiger partial charge < -0.3 is 21.1 Å². The molecule has 0 spiro atoms. The van der Waals surface area contributed by atoms with Crippen molar-refractivity contribution in [2.75, 3.05) is 19.8 Å². The SMILES string of the molecule is CC(=O)C=C(c1ccccc1)c1ccccc1.NC(CO)(CO)CO. The Labute approximate surface area is 148 Å². The van der Waals surface area contributed by atoms with Gasteiger partial charge in [0.25, 0.3) is 0 Å². The number of hydrogen-bond donors (Lipinski definition) is 4. The lowest BCUT2D eigenvalue weighted by molar-refractivity contribution is -0.112. The molecule has 0 heterocycles. The summed E-state index contributed by atoms with van der Waals surface area (Å²) < 4.78 is 0. The van der Waals surface area contributed by atoms with Crippen LogP contribution in [0.4, 0.5) is 0 Å². The van der Waals surface area contributed by atoms with Crippen molar-refractivity contribution in [1.82, 2.24) is 0 Å². The first kappa shape index (κ1) is 20.7. The van der Waals surface area contributed by atoms with Crippen LogP contribution in [0.15, 0.2) is 66.7 Å². The van der Waals surface area contributed by atoms with E-state index in [0.29, 0.717) is 0 Å². The van der Waals surface area contributed by atoms with Gasteiger partial charge in [-0.05, 0) is 29.7 Å². The normalized spacial score (nSPS) is 10.4. The Morgan fingerprint density at radius 3 is 1.48 bits per heavy atom. The first-order valence-corrected chi connectivity index (χ1v) is 7.90. The van der Waals surface area contributed by atoms with Crippen LogP contribution in [0.25, 0.3) is 5.57 Å². The number of carbonyl (C=O) groups excluding carboxylic acids is 1. The molecule has 5 heteroatoms. The topological polar surface area (TPSA) is 104 Å². The second-order valence-electron chi connectivity index (χ2n) is 5.74. The van der Waals surface area contributed by atoms with Crippen LogP contribution in [0.3, 0.4) is 0 Å². The van der Waals surface area contributed by atoms with Crippen LogP contribution in [0.5, 0.6) is 0 Å². The summed E-state index contributed by atoms with van der Waals surface area (Å²) in [4.78, 5) is 11.3. The number of benzene rings is 2. The van der Waals surface area contributed by atoms with Crippen LogP contribution in [0.1, 0.15) is 18.1 Å². The molecule has 2 aromatic rings. The third-order valence-electron chi connectivity index (χ3n) is 3.46. The van der Waals surface area contributed by atoms with Crippen LogP contribution in [0, 0.1) is 0 Å². The molecule has 0 fully saturated rings. The molecule has 5 N–H and O–H groups in total. The number of aliphatic hydroxyl groups is 3. The average Bonchev–Trinajstić information content (AvgIpc) is 2.67. The van der Waals surface area contributed by atoms with Gasteiger partial charge in [-0.1, -0.05) is 60.7 Å². The maximum Gasteiger partial charge on any atom is 0.153 e. The minimum Gasteiger partial charge on any atom is -0.394 e. The maximum absolute atomic E-state index is 11.3. The van der Waals surface area contributed by atoms with Gasteiger partial charge in [0.2, 0.25) is 0 Å². The first-order chi connectivity index (χ1) is 12.0. The van der Waals surface area contributed by atoms with Gasteiger partial charge in [0.05, 0.1) is 25.4 Å². The first-order valence-electron chi connectivity index (χ1n) is 7.90. The number of ketones is 1. The highest BCUT2D eigenvalue weighted by Gasteiger charge is 2.20. The molecule has 5 nitrogen and oxygen atoms in total. The largest absolute Gasteiger partial charge is 0.394 e. The lowest BCUT2D eigenvalue weighted by atomic mass is 9.97. The number of allylic oxidation sites excluding steroid dienone is 1. The lowest BCUT2D eigenvalue weighted by Crippen LogP contribution is -2.50. The average molecular weight is 343 g/mol. The molecular formula is C20H25NO4. The maximum atomic E-state index is 11.3. The Balaban J connectivity index is 0.000000333. The van der Waals surface area contributed by atoms with Crippen LogP contribution in [-0.2, 0) is 4.79 Å². The van der Waals surface area contributed by atoms with E-state index in [2.05, 4.69) is 0 Å². The number of nitrogens with two attached hydrogens (primary N) is 1. The van der Waals surface area contributed by atoms with E-state index >= 15 is 0 Å². The summed E-state index contributed by atoms with van der Waals surface area (Å²) in [7, 11) is 0. The van der Waals surface area contributed by atoms with E-state index in [9.17, 15) is 4.79 Å². The molecule has 0 atom stereocenters. The van der Waals surface area contributed by atoms with Gasteiger partial charge in [-0.3, -0.25) is 4.79 Å². The van der Waals surface area contributed by atoms with Gasteiger partial charge in [0, 0.05) is 0 Å². The highest BCUT2D eigenvalue weighted by atomic mass is 16.3. The predicted octanol–water partition coefficient (Wildman–Crippen LogP) is 1.37. The molecule has 134 valence electrons. The highest BCUT2D eigenvalue weighted by molar-refractivity contribution is 5.99. The van der Waals surface area contributed by atoms with E-state index in [0.717, 1.165) is 16.7 Å². The van der Waals surface area contributed by atoms with Crippen molar-refractivity contribution in [2.24, 2.45) is 5.73 Å². The van der Waals surface area contributed by atoms with E-state index in [1.54, 1.807) is 13.0 Å². The van der Waals surface area contributed by atoms with Crippen molar-refractivity contribution in [1.29, 1.82) is 0 Å². The number of hydrogen-bond acceptors (Lipinski definition) is 5. The minimum atomic E-state index is -1.21. The predicted molar refractivity (Wildman–Crippen MR) is 98.8 cm³/mol. The van der Waals surface area contributed by atoms with E-state index in [-0.39, 0.29) is 5.78 Å². The molecule has 0 aliphatic carbocycles. The fourth-order valence-corrected chi connectivity index (χ4v) is 1.92. The molecule has 0 aromatic heterocycles. The standard InChI is InChI=1S/C16H14O.C4H11NO3/c1-13(17)12-16(14-8-4-2-5-9-14)15-10-6-3-7-11-15;5-4(1-6,2-7)3-8/h2-12H,1H3;6-8H,1-3,5H2. The fraction of sp³-hybridized carbons (Fsp3) is 0.250. The quantitative estimate of drug-likeness (QED) is 0.593. The van der Waals surface area contributed by atoms with Crippen LogP contribution < -0.4 is 5.73 Å². The molecule has 0 radical (unpaired) electrons. The monoisotopic (exact) mass is 343 g/mol. The van der Waals surface area contributed by atoms with Gasteiger partial charge >= 0.3 is 0 Å². The van der Waals surface area contributed by atoms with Gasteiger partial charge in [-0.2, -0.15) is 0 Å². The summed E-state index contributed by atoms with van der Waals surface area (Å²) in [5.41, 5.74) is 7.04. The lowest BCUT2D eigenvalue weighted by Gasteiger charge is -2.20. The second kappa shape index (κ2) is 10.5. The third kappa shape index (κ3) is 6.99. The Morgan fingerprint density at radius 1 is 0.880 bits per heavy atom. The highest BCUT2D eigenvalue weighted by Crippen LogP contribution is 2.22. The van der Waals surface area contributed by atoms with Gasteiger partial charge in [-0.25, -0.2) is 0 Å². The molecular weight excluding hydrogens is 318 g/mol. The van der Waals surface area contributed by atoms with Crippen molar-refractivity contribution >= 4 is 11.4 Å². The molecule has 0 aliphatic heterocycles. The van der Waals surface area contributed by atoms with E-state index in [1.165, 1.54) is 0 Å². The molecule has 0 bridgehead atoms. The summed E-state index contributed by atoms with van der Waals surface area (Å²) in [5, 5.41) is 25.0. The van der Waals surface area contributed by atoms with Crippen molar-refractivity contribution in [3.05, 3.63) is 77.9 Å².